The second-order valence-corrected chi connectivity index (χ2v) is 3.11. The van der Waals surface area contributed by atoms with E-state index in [2.05, 4.69) is 26.1 Å². The zero-order valence-corrected chi connectivity index (χ0v) is 5.58. The molecule has 2 nitrogen and oxygen atoms in total. The molecule has 1 heterocycles. The van der Waals surface area contributed by atoms with Crippen molar-refractivity contribution in [3.05, 3.63) is 8.92 Å². The first kappa shape index (κ1) is 2.55. The maximum Gasteiger partial charge on any atom is 0.183 e. The first-order valence-electron chi connectivity index (χ1n) is 2.99. The maximum absolute atomic E-state index is 6.91. The zero-order chi connectivity index (χ0) is 7.78. The third-order valence-corrected chi connectivity index (χ3v) is 1.57. The first-order valence-corrected chi connectivity index (χ1v) is 3.10. The van der Waals surface area contributed by atoms with Gasteiger partial charge in [-0.15, -0.1) is 10.2 Å². The predicted molar refractivity (Wildman–Crippen MR) is 32.3 cm³/mol. The van der Waals surface area contributed by atoms with Crippen LogP contribution < -0.4 is 0 Å². The van der Waals surface area contributed by atoms with Crippen LogP contribution in [0.2, 0.25) is 0 Å². The van der Waals surface area contributed by atoms with Gasteiger partial charge in [0.2, 0.25) is 0 Å². The summed E-state index contributed by atoms with van der Waals surface area (Å²) in [5.41, 5.74) is 0. The minimum Gasteiger partial charge on any atom is -0.143 e. The van der Waals surface area contributed by atoms with Gasteiger partial charge in [0.1, 0.15) is 5.01 Å². The lowest BCUT2D eigenvalue weighted by molar-refractivity contribution is 1.03. The van der Waals surface area contributed by atoms with Gasteiger partial charge in [0.15, 0.2) is 3.92 Å². The van der Waals surface area contributed by atoms with E-state index >= 15 is 0 Å². The molecular weight excluding hydrogens is 176 g/mol. The molecule has 0 amide bonds. The topological polar surface area (TPSA) is 25.8 Å². The van der Waals surface area contributed by atoms with E-state index in [0.717, 1.165) is 11.3 Å². The standard InChI is InChI=1S/C3H3BrN2S/c1-2-5-6-3(4)7-2/h1H3/i1D3. The molecule has 0 aliphatic rings. The van der Waals surface area contributed by atoms with Crippen molar-refractivity contribution in [3.8, 4) is 0 Å². The van der Waals surface area contributed by atoms with Crippen LogP contribution >= 0.6 is 27.3 Å². The molecule has 0 radical (unpaired) electrons. The summed E-state index contributed by atoms with van der Waals surface area (Å²) in [6, 6.07) is 0. The molecule has 0 aliphatic heterocycles. The van der Waals surface area contributed by atoms with Gasteiger partial charge in [-0.25, -0.2) is 0 Å². The Balaban J connectivity index is 2.96. The molecule has 0 spiro atoms. The van der Waals surface area contributed by atoms with Gasteiger partial charge in [-0.3, -0.25) is 0 Å². The van der Waals surface area contributed by atoms with Crippen LogP contribution in [-0.2, 0) is 0 Å². The SMILES string of the molecule is [2H]C([2H])([2H])c1nnc(Br)s1. The van der Waals surface area contributed by atoms with E-state index in [1.54, 1.807) is 0 Å². The van der Waals surface area contributed by atoms with Gasteiger partial charge < -0.3 is 0 Å². The van der Waals surface area contributed by atoms with E-state index in [1.807, 2.05) is 0 Å². The Labute approximate surface area is 57.9 Å². The van der Waals surface area contributed by atoms with Gasteiger partial charge in [0.25, 0.3) is 0 Å². The fraction of sp³-hybridized carbons (Fsp3) is 0.333. The number of aryl methyl sites for hydroxylation is 1. The fourth-order valence-corrected chi connectivity index (χ4v) is 1.07. The average molecular weight is 182 g/mol. The van der Waals surface area contributed by atoms with E-state index in [9.17, 15) is 0 Å². The molecular formula is C3H3BrN2S. The normalized spacial score (nSPS) is 17.6. The van der Waals surface area contributed by atoms with Crippen molar-refractivity contribution in [3.63, 3.8) is 0 Å². The molecule has 1 aromatic rings. The molecule has 0 aliphatic carbocycles. The molecule has 7 heavy (non-hydrogen) atoms. The summed E-state index contributed by atoms with van der Waals surface area (Å²) in [5, 5.41) is 7.02. The number of nitrogens with zero attached hydrogens (tertiary/aromatic N) is 2. The molecule has 0 saturated heterocycles. The second kappa shape index (κ2) is 1.88. The summed E-state index contributed by atoms with van der Waals surface area (Å²) in [5.74, 6) is 0. The van der Waals surface area contributed by atoms with Gasteiger partial charge in [0.05, 0.1) is 0 Å². The van der Waals surface area contributed by atoms with E-state index in [0.29, 0.717) is 3.92 Å². The summed E-state index contributed by atoms with van der Waals surface area (Å²) >= 11 is 4.05. The van der Waals surface area contributed by atoms with Crippen LogP contribution in [0.25, 0.3) is 0 Å². The number of aromatic nitrogens is 2. The molecule has 38 valence electrons. The van der Waals surface area contributed by atoms with Crippen LogP contribution in [0.5, 0.6) is 0 Å². The highest BCUT2D eigenvalue weighted by molar-refractivity contribution is 9.11. The predicted octanol–water partition coefficient (Wildman–Crippen LogP) is 1.61. The van der Waals surface area contributed by atoms with Crippen molar-refractivity contribution in [1.29, 1.82) is 0 Å². The van der Waals surface area contributed by atoms with Crippen LogP contribution in [0.3, 0.4) is 0 Å². The lowest BCUT2D eigenvalue weighted by Crippen LogP contribution is -1.65. The van der Waals surface area contributed by atoms with Gasteiger partial charge in [0, 0.05) is 4.11 Å². The third kappa shape index (κ3) is 1.21. The monoisotopic (exact) mass is 181 g/mol. The summed E-state index contributed by atoms with van der Waals surface area (Å²) in [6.07, 6.45) is 0. The Morgan fingerprint density at radius 1 is 1.86 bits per heavy atom. The summed E-state index contributed by atoms with van der Waals surface area (Å²) in [6.45, 7) is -2.12. The van der Waals surface area contributed by atoms with Crippen molar-refractivity contribution >= 4 is 27.3 Å². The molecule has 0 bridgehead atoms. The molecule has 1 rings (SSSR count). The highest BCUT2D eigenvalue weighted by atomic mass is 79.9. The largest absolute Gasteiger partial charge is 0.183 e. The van der Waals surface area contributed by atoms with Crippen molar-refractivity contribution in [1.82, 2.24) is 10.2 Å². The molecule has 0 fully saturated rings. The summed E-state index contributed by atoms with van der Waals surface area (Å²) in [4.78, 5) is 0. The molecule has 0 atom stereocenters. The van der Waals surface area contributed by atoms with Crippen molar-refractivity contribution < 1.29 is 4.11 Å². The molecule has 0 unspecified atom stereocenters. The quantitative estimate of drug-likeness (QED) is 0.609. The van der Waals surface area contributed by atoms with Gasteiger partial charge in [-0.05, 0) is 22.8 Å². The highest BCUT2D eigenvalue weighted by Crippen LogP contribution is 2.13. The lowest BCUT2D eigenvalue weighted by Gasteiger charge is -1.63. The maximum atomic E-state index is 6.91. The van der Waals surface area contributed by atoms with Crippen LogP contribution in [0.15, 0.2) is 3.92 Å². The Bertz CT molecular complexity index is 232. The summed E-state index contributed by atoms with van der Waals surface area (Å²) < 4.78 is 21.2. The Morgan fingerprint density at radius 2 is 2.71 bits per heavy atom. The Hall–Kier alpha value is 0.0400. The van der Waals surface area contributed by atoms with E-state index in [1.165, 1.54) is 0 Å². The minimum absolute atomic E-state index is 0.0689. The van der Waals surface area contributed by atoms with Gasteiger partial charge in [-0.1, -0.05) is 11.3 Å². The number of hydrogen-bond donors (Lipinski definition) is 0. The number of rotatable bonds is 0. The molecule has 0 N–H and O–H groups in total. The van der Waals surface area contributed by atoms with Crippen molar-refractivity contribution in [2.45, 2.75) is 6.85 Å². The summed E-state index contributed by atoms with van der Waals surface area (Å²) in [7, 11) is 0. The Kier molecular flexibility index (Phi) is 0.683. The number of halogens is 1. The smallest absolute Gasteiger partial charge is 0.143 e. The van der Waals surface area contributed by atoms with E-state index in [4.69, 9.17) is 4.11 Å². The van der Waals surface area contributed by atoms with Gasteiger partial charge >= 0.3 is 0 Å². The molecule has 0 aromatic carbocycles. The van der Waals surface area contributed by atoms with Crippen LogP contribution in [0.1, 0.15) is 9.12 Å². The molecule has 1 aromatic heterocycles. The van der Waals surface area contributed by atoms with Crippen LogP contribution in [-0.4, -0.2) is 10.2 Å². The first-order chi connectivity index (χ1) is 4.50. The Morgan fingerprint density at radius 3 is 3.00 bits per heavy atom. The van der Waals surface area contributed by atoms with Crippen LogP contribution in [0.4, 0.5) is 0 Å². The van der Waals surface area contributed by atoms with Crippen molar-refractivity contribution in [2.75, 3.05) is 0 Å². The van der Waals surface area contributed by atoms with Crippen molar-refractivity contribution in [2.24, 2.45) is 0 Å². The molecule has 4 heteroatoms. The van der Waals surface area contributed by atoms with Gasteiger partial charge in [-0.2, -0.15) is 0 Å². The van der Waals surface area contributed by atoms with E-state index in [-0.39, 0.29) is 5.01 Å². The average Bonchev–Trinajstić information content (AvgIpc) is 2.11. The fourth-order valence-electron chi connectivity index (χ4n) is 0.205. The van der Waals surface area contributed by atoms with Crippen LogP contribution in [0, 0.1) is 6.85 Å². The zero-order valence-electron chi connectivity index (χ0n) is 6.18. The lowest BCUT2D eigenvalue weighted by atomic mass is 10.9. The van der Waals surface area contributed by atoms with E-state index < -0.39 is 6.85 Å². The highest BCUT2D eigenvalue weighted by Gasteiger charge is 1.90. The molecule has 0 saturated carbocycles. The third-order valence-electron chi connectivity index (χ3n) is 0.400. The minimum atomic E-state index is -2.12. The second-order valence-electron chi connectivity index (χ2n) is 0.860. The number of hydrogen-bond acceptors (Lipinski definition) is 3.